The molecule has 3 N–H and O–H groups in total. The average molecular weight is 255 g/mol. The van der Waals surface area contributed by atoms with Gasteiger partial charge in [0.05, 0.1) is 12.6 Å². The zero-order valence-corrected chi connectivity index (χ0v) is 9.44. The maximum absolute atomic E-state index is 11.8. The van der Waals surface area contributed by atoms with Crippen molar-refractivity contribution in [1.82, 2.24) is 15.4 Å². The van der Waals surface area contributed by atoms with Gasteiger partial charge in [0.2, 0.25) is 0 Å². The molecule has 8 nitrogen and oxygen atoms in total. The van der Waals surface area contributed by atoms with E-state index in [1.54, 1.807) is 6.07 Å². The number of aliphatic hydroxyl groups is 1. The maximum atomic E-state index is 11.8. The summed E-state index contributed by atoms with van der Waals surface area (Å²) in [6.45, 7) is 0.163. The number of β-amino-alcohol motifs (C(OH)–C–C–N with tert-alkyl or cyclic N) is 1. The van der Waals surface area contributed by atoms with Gasteiger partial charge in [0, 0.05) is 19.0 Å². The van der Waals surface area contributed by atoms with Crippen molar-refractivity contribution in [2.45, 2.75) is 25.1 Å². The highest BCUT2D eigenvalue weighted by atomic mass is 16.5. The third-order valence-electron chi connectivity index (χ3n) is 2.74. The predicted molar refractivity (Wildman–Crippen MR) is 57.5 cm³/mol. The smallest absolute Gasteiger partial charge is 0.326 e. The summed E-state index contributed by atoms with van der Waals surface area (Å²) in [5, 5.41) is 24.5. The minimum atomic E-state index is -1.12. The molecule has 2 heterocycles. The number of carboxylic acid groups (broad SMARTS) is 1. The van der Waals surface area contributed by atoms with Gasteiger partial charge in [-0.15, -0.1) is 0 Å². The molecule has 18 heavy (non-hydrogen) atoms. The summed E-state index contributed by atoms with van der Waals surface area (Å²) in [4.78, 5) is 23.8. The van der Waals surface area contributed by atoms with Crippen molar-refractivity contribution in [3.63, 3.8) is 0 Å². The van der Waals surface area contributed by atoms with E-state index in [1.165, 1.54) is 6.26 Å². The number of nitrogens with zero attached hydrogens (tertiary/aromatic N) is 2. The summed E-state index contributed by atoms with van der Waals surface area (Å²) in [5.41, 5.74) is 0.537. The number of carboxylic acids is 1. The third-order valence-corrected chi connectivity index (χ3v) is 2.74. The van der Waals surface area contributed by atoms with Gasteiger partial charge in [-0.3, -0.25) is 0 Å². The van der Waals surface area contributed by atoms with E-state index in [4.69, 9.17) is 5.11 Å². The van der Waals surface area contributed by atoms with Gasteiger partial charge in [-0.1, -0.05) is 5.16 Å². The monoisotopic (exact) mass is 255 g/mol. The Bertz CT molecular complexity index is 433. The van der Waals surface area contributed by atoms with Gasteiger partial charge in [-0.2, -0.15) is 0 Å². The van der Waals surface area contributed by atoms with Crippen molar-refractivity contribution in [2.24, 2.45) is 0 Å². The van der Waals surface area contributed by atoms with Crippen LogP contribution in [0.3, 0.4) is 0 Å². The van der Waals surface area contributed by atoms with Crippen LogP contribution in [0, 0.1) is 0 Å². The predicted octanol–water partition coefficient (Wildman–Crippen LogP) is -0.596. The number of likely N-dealkylation sites (tertiary alicyclic amines) is 1. The van der Waals surface area contributed by atoms with Crippen LogP contribution in [-0.4, -0.2) is 51.0 Å². The molecule has 1 saturated heterocycles. The SMILES string of the molecule is O=C(O)[C@@H]1C[C@H](O)CN1C(=O)NCc1ccon1. The Morgan fingerprint density at radius 2 is 2.39 bits per heavy atom. The topological polar surface area (TPSA) is 116 Å². The number of aliphatic carboxylic acids is 1. The zero-order chi connectivity index (χ0) is 13.1. The average Bonchev–Trinajstić information content (AvgIpc) is 2.94. The molecule has 0 radical (unpaired) electrons. The summed E-state index contributed by atoms with van der Waals surface area (Å²) >= 11 is 0. The molecule has 0 bridgehead atoms. The van der Waals surface area contributed by atoms with Gasteiger partial charge in [-0.25, -0.2) is 9.59 Å². The standard InChI is InChI=1S/C10H13N3O5/c14-7-3-8(9(15)16)13(5-7)10(17)11-4-6-1-2-18-12-6/h1-2,7-8,14H,3-5H2,(H,11,17)(H,15,16)/t7-,8-/m0/s1. The van der Waals surface area contributed by atoms with E-state index in [0.29, 0.717) is 5.69 Å². The summed E-state index contributed by atoms with van der Waals surface area (Å²) < 4.78 is 4.60. The highest BCUT2D eigenvalue weighted by Crippen LogP contribution is 2.18. The molecule has 8 heteroatoms. The maximum Gasteiger partial charge on any atom is 0.326 e. The van der Waals surface area contributed by atoms with Crippen molar-refractivity contribution in [3.8, 4) is 0 Å². The number of aromatic nitrogens is 1. The number of rotatable bonds is 3. The van der Waals surface area contributed by atoms with Crippen molar-refractivity contribution >= 4 is 12.0 Å². The minimum Gasteiger partial charge on any atom is -0.480 e. The highest BCUT2D eigenvalue weighted by molar-refractivity contribution is 5.83. The molecule has 1 fully saturated rings. The van der Waals surface area contributed by atoms with Crippen molar-refractivity contribution < 1.29 is 24.3 Å². The van der Waals surface area contributed by atoms with Gasteiger partial charge in [0.15, 0.2) is 0 Å². The van der Waals surface area contributed by atoms with Crippen LogP contribution in [0.25, 0.3) is 0 Å². The van der Waals surface area contributed by atoms with Crippen LogP contribution in [0.4, 0.5) is 4.79 Å². The lowest BCUT2D eigenvalue weighted by atomic mass is 10.2. The van der Waals surface area contributed by atoms with Crippen molar-refractivity contribution in [2.75, 3.05) is 6.54 Å². The number of urea groups is 1. The second-order valence-corrected chi connectivity index (χ2v) is 4.05. The number of carbonyl (C=O) groups excluding carboxylic acids is 1. The van der Waals surface area contributed by atoms with E-state index in [0.717, 1.165) is 4.90 Å². The Morgan fingerprint density at radius 3 is 3.00 bits per heavy atom. The molecule has 1 aliphatic rings. The van der Waals surface area contributed by atoms with E-state index in [-0.39, 0.29) is 19.5 Å². The number of hydrogen-bond donors (Lipinski definition) is 3. The molecule has 1 aromatic heterocycles. The Balaban J connectivity index is 1.93. The molecule has 0 aliphatic carbocycles. The summed E-state index contributed by atoms with van der Waals surface area (Å²) in [7, 11) is 0. The normalized spacial score (nSPS) is 23.1. The second-order valence-electron chi connectivity index (χ2n) is 4.05. The molecular weight excluding hydrogens is 242 g/mol. The second kappa shape index (κ2) is 5.05. The van der Waals surface area contributed by atoms with E-state index in [2.05, 4.69) is 15.0 Å². The summed E-state index contributed by atoms with van der Waals surface area (Å²) in [6, 6.07) is 0.0626. The van der Waals surface area contributed by atoms with Gasteiger partial charge in [0.1, 0.15) is 18.0 Å². The molecule has 2 rings (SSSR count). The first-order valence-corrected chi connectivity index (χ1v) is 5.42. The van der Waals surface area contributed by atoms with E-state index < -0.39 is 24.1 Å². The quantitative estimate of drug-likeness (QED) is 0.664. The van der Waals surface area contributed by atoms with Crippen molar-refractivity contribution in [3.05, 3.63) is 18.0 Å². The van der Waals surface area contributed by atoms with Gasteiger partial charge < -0.3 is 25.0 Å². The molecule has 0 aromatic carbocycles. The van der Waals surface area contributed by atoms with Gasteiger partial charge >= 0.3 is 12.0 Å². The van der Waals surface area contributed by atoms with Crippen LogP contribution in [0.1, 0.15) is 12.1 Å². The lowest BCUT2D eigenvalue weighted by Crippen LogP contribution is -2.46. The van der Waals surface area contributed by atoms with Crippen LogP contribution in [0.5, 0.6) is 0 Å². The van der Waals surface area contributed by atoms with Crippen LogP contribution < -0.4 is 5.32 Å². The number of aliphatic hydroxyl groups excluding tert-OH is 1. The van der Waals surface area contributed by atoms with Crippen LogP contribution >= 0.6 is 0 Å². The molecule has 1 aliphatic heterocycles. The zero-order valence-electron chi connectivity index (χ0n) is 9.44. The lowest BCUT2D eigenvalue weighted by molar-refractivity contribution is -0.141. The van der Waals surface area contributed by atoms with Gasteiger partial charge in [-0.05, 0) is 0 Å². The van der Waals surface area contributed by atoms with E-state index >= 15 is 0 Å². The van der Waals surface area contributed by atoms with Crippen LogP contribution in [0.2, 0.25) is 0 Å². The van der Waals surface area contributed by atoms with E-state index in [9.17, 15) is 14.7 Å². The molecular formula is C10H13N3O5. The molecule has 0 spiro atoms. The Hall–Kier alpha value is -2.09. The minimum absolute atomic E-state index is 0.0155. The Morgan fingerprint density at radius 1 is 1.61 bits per heavy atom. The molecule has 1 aromatic rings. The summed E-state index contributed by atoms with van der Waals surface area (Å²) in [5.74, 6) is -1.12. The lowest BCUT2D eigenvalue weighted by Gasteiger charge is -2.21. The number of carbonyl (C=O) groups is 2. The fraction of sp³-hybridized carbons (Fsp3) is 0.500. The third kappa shape index (κ3) is 2.59. The fourth-order valence-corrected chi connectivity index (χ4v) is 1.87. The Labute approximate surface area is 102 Å². The van der Waals surface area contributed by atoms with Crippen molar-refractivity contribution in [1.29, 1.82) is 0 Å². The molecule has 0 unspecified atom stereocenters. The van der Waals surface area contributed by atoms with Gasteiger partial charge in [0.25, 0.3) is 0 Å². The largest absolute Gasteiger partial charge is 0.480 e. The van der Waals surface area contributed by atoms with E-state index in [1.807, 2.05) is 0 Å². The number of hydrogen-bond acceptors (Lipinski definition) is 5. The number of nitrogens with one attached hydrogen (secondary N) is 1. The fourth-order valence-electron chi connectivity index (χ4n) is 1.87. The molecule has 0 saturated carbocycles. The Kier molecular flexibility index (Phi) is 3.47. The first-order valence-electron chi connectivity index (χ1n) is 5.42. The highest BCUT2D eigenvalue weighted by Gasteiger charge is 2.38. The summed E-state index contributed by atoms with van der Waals surface area (Å²) in [6.07, 6.45) is 0.623. The molecule has 2 amide bonds. The first-order chi connectivity index (χ1) is 8.58. The molecule has 2 atom stereocenters. The first kappa shape index (κ1) is 12.4. The number of amides is 2. The van der Waals surface area contributed by atoms with Crippen LogP contribution in [0.15, 0.2) is 16.9 Å². The van der Waals surface area contributed by atoms with Crippen LogP contribution in [-0.2, 0) is 11.3 Å². The molecule has 98 valence electrons.